The zero-order valence-corrected chi connectivity index (χ0v) is 15.0. The summed E-state index contributed by atoms with van der Waals surface area (Å²) in [5.74, 6) is -0.386. The molecule has 2 atom stereocenters. The lowest BCUT2D eigenvalue weighted by atomic mass is 9.90. The largest absolute Gasteiger partial charge is 0.352 e. The predicted molar refractivity (Wildman–Crippen MR) is 92.5 cm³/mol. The third-order valence-corrected chi connectivity index (χ3v) is 5.34. The summed E-state index contributed by atoms with van der Waals surface area (Å²) in [5, 5.41) is 2.37. The fourth-order valence-corrected chi connectivity index (χ4v) is 3.87. The average Bonchev–Trinajstić information content (AvgIpc) is 2.92. The second-order valence-corrected chi connectivity index (χ2v) is 7.72. The summed E-state index contributed by atoms with van der Waals surface area (Å²) in [6, 6.07) is 0.314. The molecule has 0 radical (unpaired) electrons. The summed E-state index contributed by atoms with van der Waals surface area (Å²) in [4.78, 5) is 37.1. The number of hydrogen-bond acceptors (Lipinski definition) is 4. The number of hydrazine groups is 1. The number of nitrogens with two attached hydrogens (primary N) is 1. The highest BCUT2D eigenvalue weighted by Crippen LogP contribution is 2.32. The molecule has 132 valence electrons. The number of carbonyl (C=O) groups excluding carboxylic acids is 3. The van der Waals surface area contributed by atoms with Gasteiger partial charge in [-0.25, -0.2) is 4.79 Å². The highest BCUT2D eigenvalue weighted by Gasteiger charge is 2.25. The molecule has 0 saturated carbocycles. The van der Waals surface area contributed by atoms with Gasteiger partial charge in [-0.2, -0.15) is 0 Å². The Balaban J connectivity index is 1.95. The number of nitrogens with one attached hydrogen (secondary N) is 3. The number of urea groups is 1. The van der Waals surface area contributed by atoms with Gasteiger partial charge < -0.3 is 11.1 Å². The van der Waals surface area contributed by atoms with E-state index in [-0.39, 0.29) is 11.8 Å². The molecule has 0 spiro atoms. The molecule has 2 rings (SSSR count). The van der Waals surface area contributed by atoms with Crippen LogP contribution in [0.5, 0.6) is 0 Å². The predicted octanol–water partition coefficient (Wildman–Crippen LogP) is 1.33. The molecule has 0 aliphatic heterocycles. The highest BCUT2D eigenvalue weighted by atomic mass is 32.1. The van der Waals surface area contributed by atoms with Gasteiger partial charge in [0.15, 0.2) is 0 Å². The molecule has 0 saturated heterocycles. The number of carbonyl (C=O) groups is 3. The number of hydrogen-bond donors (Lipinski definition) is 4. The summed E-state index contributed by atoms with van der Waals surface area (Å²) in [6.07, 6.45) is 3.13. The Morgan fingerprint density at radius 1 is 1.29 bits per heavy atom. The van der Waals surface area contributed by atoms with Crippen molar-refractivity contribution < 1.29 is 14.4 Å². The summed E-state index contributed by atoms with van der Waals surface area (Å²) in [6.45, 7) is 5.76. The fraction of sp³-hybridized carbons (Fsp3) is 0.562. The van der Waals surface area contributed by atoms with Crippen LogP contribution in [0, 0.1) is 11.8 Å². The van der Waals surface area contributed by atoms with Crippen LogP contribution in [-0.4, -0.2) is 23.9 Å². The van der Waals surface area contributed by atoms with Crippen molar-refractivity contribution in [3.8, 4) is 0 Å². The molecule has 4 amide bonds. The van der Waals surface area contributed by atoms with Crippen LogP contribution >= 0.6 is 11.3 Å². The van der Waals surface area contributed by atoms with Crippen LogP contribution in [0.15, 0.2) is 6.07 Å². The van der Waals surface area contributed by atoms with Gasteiger partial charge in [0.25, 0.3) is 11.8 Å². The molecule has 5 N–H and O–H groups in total. The monoisotopic (exact) mass is 352 g/mol. The van der Waals surface area contributed by atoms with Gasteiger partial charge in [0.05, 0.1) is 4.88 Å². The average molecular weight is 352 g/mol. The van der Waals surface area contributed by atoms with E-state index in [0.29, 0.717) is 10.8 Å². The normalized spacial score (nSPS) is 17.8. The molecule has 1 aromatic rings. The number of rotatable bonds is 4. The molecule has 0 aromatic carbocycles. The second-order valence-electron chi connectivity index (χ2n) is 6.58. The van der Waals surface area contributed by atoms with E-state index >= 15 is 0 Å². The van der Waals surface area contributed by atoms with Crippen molar-refractivity contribution in [2.75, 3.05) is 0 Å². The molecule has 7 nitrogen and oxygen atoms in total. The first-order valence-corrected chi connectivity index (χ1v) is 8.87. The molecule has 1 aliphatic carbocycles. The SMILES string of the molecule is CC(C)[C@H](NC(N)=O)C(=O)NNC(=O)c1cc2c(s1)CC[C@@H](C)C2. The van der Waals surface area contributed by atoms with Crippen molar-refractivity contribution in [2.24, 2.45) is 17.6 Å². The second kappa shape index (κ2) is 7.65. The number of fused-ring (bicyclic) bond motifs is 1. The first-order chi connectivity index (χ1) is 11.3. The van der Waals surface area contributed by atoms with Gasteiger partial charge in [-0.3, -0.25) is 20.4 Å². The minimum Gasteiger partial charge on any atom is -0.352 e. The Labute approximate surface area is 145 Å². The molecule has 8 heteroatoms. The van der Waals surface area contributed by atoms with E-state index in [1.165, 1.54) is 21.8 Å². The van der Waals surface area contributed by atoms with E-state index in [1.54, 1.807) is 13.8 Å². The zero-order chi connectivity index (χ0) is 17.9. The van der Waals surface area contributed by atoms with Gasteiger partial charge in [-0.15, -0.1) is 11.3 Å². The van der Waals surface area contributed by atoms with Gasteiger partial charge in [0.2, 0.25) is 0 Å². The van der Waals surface area contributed by atoms with Crippen molar-refractivity contribution >= 4 is 29.2 Å². The van der Waals surface area contributed by atoms with Crippen molar-refractivity contribution in [3.63, 3.8) is 0 Å². The van der Waals surface area contributed by atoms with Crippen LogP contribution in [0.3, 0.4) is 0 Å². The first-order valence-electron chi connectivity index (χ1n) is 8.05. The summed E-state index contributed by atoms with van der Waals surface area (Å²) in [7, 11) is 0. The smallest absolute Gasteiger partial charge is 0.312 e. The Kier molecular flexibility index (Phi) is 5.82. The third kappa shape index (κ3) is 4.47. The maximum absolute atomic E-state index is 12.2. The molecule has 0 unspecified atom stereocenters. The Morgan fingerprint density at radius 3 is 2.62 bits per heavy atom. The lowest BCUT2D eigenvalue weighted by Gasteiger charge is -2.20. The van der Waals surface area contributed by atoms with Crippen LogP contribution < -0.4 is 21.9 Å². The minimum atomic E-state index is -0.805. The van der Waals surface area contributed by atoms with E-state index < -0.39 is 18.0 Å². The fourth-order valence-electron chi connectivity index (χ4n) is 2.76. The number of primary amides is 1. The standard InChI is InChI=1S/C16H24N4O3S/c1-8(2)13(18-16(17)23)15(22)20-19-14(21)12-7-10-6-9(3)4-5-11(10)24-12/h7-9,13H,4-6H2,1-3H3,(H,19,21)(H,20,22)(H3,17,18,23)/t9-,13+/m1/s1. The van der Waals surface area contributed by atoms with E-state index in [0.717, 1.165) is 19.3 Å². The molecule has 1 aliphatic rings. The quantitative estimate of drug-likeness (QED) is 0.613. The van der Waals surface area contributed by atoms with Crippen LogP contribution in [-0.2, 0) is 17.6 Å². The van der Waals surface area contributed by atoms with Crippen LogP contribution in [0.4, 0.5) is 4.79 Å². The zero-order valence-electron chi connectivity index (χ0n) is 14.1. The maximum atomic E-state index is 12.2. The Morgan fingerprint density at radius 2 is 2.00 bits per heavy atom. The van der Waals surface area contributed by atoms with E-state index in [4.69, 9.17) is 5.73 Å². The lowest BCUT2D eigenvalue weighted by molar-refractivity contribution is -0.124. The maximum Gasteiger partial charge on any atom is 0.312 e. The molecule has 1 aromatic heterocycles. The summed E-state index contributed by atoms with van der Waals surface area (Å²) >= 11 is 1.47. The van der Waals surface area contributed by atoms with Crippen molar-refractivity contribution in [3.05, 3.63) is 21.4 Å². The first kappa shape index (κ1) is 18.3. The highest BCUT2D eigenvalue weighted by molar-refractivity contribution is 7.14. The van der Waals surface area contributed by atoms with Gasteiger partial charge in [-0.1, -0.05) is 20.8 Å². The van der Waals surface area contributed by atoms with Crippen LogP contribution in [0.1, 0.15) is 47.3 Å². The Hall–Kier alpha value is -2.09. The van der Waals surface area contributed by atoms with Gasteiger partial charge >= 0.3 is 6.03 Å². The number of aryl methyl sites for hydroxylation is 1. The molecule has 0 bridgehead atoms. The lowest BCUT2D eigenvalue weighted by Crippen LogP contribution is -2.55. The van der Waals surface area contributed by atoms with Crippen LogP contribution in [0.2, 0.25) is 0 Å². The van der Waals surface area contributed by atoms with Gasteiger partial charge in [0, 0.05) is 4.88 Å². The van der Waals surface area contributed by atoms with E-state index in [1.807, 2.05) is 6.07 Å². The summed E-state index contributed by atoms with van der Waals surface area (Å²) < 4.78 is 0. The minimum absolute atomic E-state index is 0.162. The van der Waals surface area contributed by atoms with Crippen molar-refractivity contribution in [1.29, 1.82) is 0 Å². The van der Waals surface area contributed by atoms with Gasteiger partial charge in [-0.05, 0) is 42.7 Å². The number of amides is 4. The van der Waals surface area contributed by atoms with Gasteiger partial charge in [0.1, 0.15) is 6.04 Å². The summed E-state index contributed by atoms with van der Waals surface area (Å²) in [5.41, 5.74) is 11.1. The van der Waals surface area contributed by atoms with Crippen LogP contribution in [0.25, 0.3) is 0 Å². The third-order valence-electron chi connectivity index (χ3n) is 4.10. The van der Waals surface area contributed by atoms with E-state index in [9.17, 15) is 14.4 Å². The topological polar surface area (TPSA) is 113 Å². The molecular weight excluding hydrogens is 328 g/mol. The molecular formula is C16H24N4O3S. The van der Waals surface area contributed by atoms with E-state index in [2.05, 4.69) is 23.1 Å². The van der Waals surface area contributed by atoms with Crippen molar-refractivity contribution in [1.82, 2.24) is 16.2 Å². The molecule has 24 heavy (non-hydrogen) atoms. The number of thiophene rings is 1. The van der Waals surface area contributed by atoms with Crippen molar-refractivity contribution in [2.45, 2.75) is 46.1 Å². The Bertz CT molecular complexity index is 641. The molecule has 0 fully saturated rings. The molecule has 1 heterocycles.